The van der Waals surface area contributed by atoms with Gasteiger partial charge in [0.1, 0.15) is 16.4 Å². The quantitative estimate of drug-likeness (QED) is 0.122. The maximum Gasteiger partial charge on any atom is 0.469 e. The van der Waals surface area contributed by atoms with Gasteiger partial charge in [-0.05, 0) is 43.0 Å². The highest BCUT2D eigenvalue weighted by atomic mass is 32.1. The normalized spacial score (nSPS) is 12.8. The smallest absolute Gasteiger partial charge is 0.469 e. The average Bonchev–Trinajstić information content (AvgIpc) is 3.46. The lowest BCUT2D eigenvalue weighted by molar-refractivity contribution is -0.140. The van der Waals surface area contributed by atoms with Gasteiger partial charge in [0, 0.05) is 40.8 Å². The van der Waals surface area contributed by atoms with Crippen molar-refractivity contribution in [1.82, 2.24) is 19.9 Å². The lowest BCUT2D eigenvalue weighted by Crippen LogP contribution is -2.28. The Labute approximate surface area is 263 Å². The Morgan fingerprint density at radius 1 is 1.17 bits per heavy atom. The van der Waals surface area contributed by atoms with Crippen LogP contribution in [0.1, 0.15) is 49.3 Å². The van der Waals surface area contributed by atoms with Crippen LogP contribution >= 0.6 is 19.2 Å². The van der Waals surface area contributed by atoms with Gasteiger partial charge in [0.15, 0.2) is 5.69 Å². The SMILES string of the molecule is CCNC(=O)Nc1cc(-c2nc(C(F)(F)F)cs2)c(-c2ccc3c(c2)c(=O)c(C(=O)O)cn3[C@H](COP(=O)(O)O)CC(C)C)cn1. The van der Waals surface area contributed by atoms with Crippen molar-refractivity contribution >= 4 is 47.9 Å². The minimum Gasteiger partial charge on any atom is -0.477 e. The Morgan fingerprint density at radius 2 is 1.89 bits per heavy atom. The highest BCUT2D eigenvalue weighted by Crippen LogP contribution is 2.40. The van der Waals surface area contributed by atoms with E-state index in [2.05, 4.69) is 20.6 Å². The summed E-state index contributed by atoms with van der Waals surface area (Å²) in [6.45, 7) is 5.17. The Bertz CT molecular complexity index is 1890. The summed E-state index contributed by atoms with van der Waals surface area (Å²) >= 11 is 0.700. The Balaban J connectivity index is 1.94. The summed E-state index contributed by atoms with van der Waals surface area (Å²) in [5.74, 6) is -1.57. The number of carbonyl (C=O) groups excluding carboxylic acids is 1. The van der Waals surface area contributed by atoms with Crippen molar-refractivity contribution < 1.29 is 46.7 Å². The fourth-order valence-corrected chi connectivity index (χ4v) is 5.97. The number of carbonyl (C=O) groups is 2. The van der Waals surface area contributed by atoms with Gasteiger partial charge < -0.3 is 24.8 Å². The van der Waals surface area contributed by atoms with Crippen molar-refractivity contribution in [3.05, 3.63) is 63.5 Å². The van der Waals surface area contributed by atoms with Gasteiger partial charge in [-0.15, -0.1) is 11.3 Å². The molecule has 18 heteroatoms. The fourth-order valence-electron chi connectivity index (χ4n) is 4.75. The van der Waals surface area contributed by atoms with Gasteiger partial charge in [-0.3, -0.25) is 14.6 Å². The zero-order valence-electron chi connectivity index (χ0n) is 24.5. The standard InChI is InChI=1S/C28H29F3N5O8PS/c1-4-32-27(40)35-23-9-17(25-34-22(13-46-25)28(29,30)31)19(10-33-23)15-5-6-21-18(8-15)24(37)20(26(38)39)11-36(21)16(7-14(2)3)12-44-45(41,42)43/h5-6,8-11,13-14,16H,4,7,12H2,1-3H3,(H,38,39)(H2,41,42,43)(H2,32,33,35,40)/t16-/m0/s1. The number of nitrogens with one attached hydrogen (secondary N) is 2. The number of phosphoric ester groups is 1. The largest absolute Gasteiger partial charge is 0.477 e. The molecule has 0 aliphatic carbocycles. The first-order valence-electron chi connectivity index (χ1n) is 13.7. The number of amides is 2. The number of benzene rings is 1. The average molecular weight is 684 g/mol. The number of anilines is 1. The molecule has 13 nitrogen and oxygen atoms in total. The molecule has 0 spiro atoms. The monoisotopic (exact) mass is 683 g/mol. The van der Waals surface area contributed by atoms with E-state index in [-0.39, 0.29) is 44.3 Å². The zero-order valence-corrected chi connectivity index (χ0v) is 26.2. The van der Waals surface area contributed by atoms with E-state index in [0.29, 0.717) is 24.3 Å². The van der Waals surface area contributed by atoms with Gasteiger partial charge in [0.2, 0.25) is 5.43 Å². The Hall–Kier alpha value is -4.15. The van der Waals surface area contributed by atoms with Gasteiger partial charge in [-0.2, -0.15) is 13.2 Å². The van der Waals surface area contributed by atoms with E-state index in [1.807, 2.05) is 13.8 Å². The van der Waals surface area contributed by atoms with Crippen molar-refractivity contribution in [2.45, 2.75) is 39.4 Å². The van der Waals surface area contributed by atoms with Crippen LogP contribution in [0.2, 0.25) is 0 Å². The second-order valence-electron chi connectivity index (χ2n) is 10.5. The predicted molar refractivity (Wildman–Crippen MR) is 164 cm³/mol. The molecule has 0 radical (unpaired) electrons. The van der Waals surface area contributed by atoms with Crippen LogP contribution in [-0.4, -0.2) is 54.6 Å². The molecular formula is C28H29F3N5O8PS. The van der Waals surface area contributed by atoms with E-state index in [4.69, 9.17) is 4.52 Å². The van der Waals surface area contributed by atoms with Crippen LogP contribution in [0.15, 0.2) is 46.8 Å². The third-order valence-electron chi connectivity index (χ3n) is 6.65. The molecule has 46 heavy (non-hydrogen) atoms. The zero-order chi connectivity index (χ0) is 34.0. The highest BCUT2D eigenvalue weighted by molar-refractivity contribution is 7.46. The van der Waals surface area contributed by atoms with Crippen LogP contribution in [0.4, 0.5) is 23.8 Å². The van der Waals surface area contributed by atoms with E-state index < -0.39 is 55.3 Å². The van der Waals surface area contributed by atoms with E-state index in [0.717, 1.165) is 11.6 Å². The summed E-state index contributed by atoms with van der Waals surface area (Å²) in [7, 11) is -4.90. The van der Waals surface area contributed by atoms with Crippen LogP contribution in [0.3, 0.4) is 0 Å². The lowest BCUT2D eigenvalue weighted by Gasteiger charge is -2.25. The fraction of sp³-hybridized carbons (Fsp3) is 0.321. The molecule has 4 aromatic rings. The van der Waals surface area contributed by atoms with Crippen LogP contribution in [0.25, 0.3) is 32.6 Å². The molecule has 0 aliphatic rings. The number of alkyl halides is 3. The van der Waals surface area contributed by atoms with E-state index >= 15 is 0 Å². The number of thiazole rings is 1. The minimum atomic E-state index is -4.90. The second kappa shape index (κ2) is 13.7. The number of halogens is 3. The number of aromatic carboxylic acids is 1. The second-order valence-corrected chi connectivity index (χ2v) is 12.6. The van der Waals surface area contributed by atoms with Gasteiger partial charge in [-0.1, -0.05) is 19.9 Å². The predicted octanol–water partition coefficient (Wildman–Crippen LogP) is 5.74. The number of hydrogen-bond acceptors (Lipinski definition) is 8. The summed E-state index contributed by atoms with van der Waals surface area (Å²) in [5, 5.41) is 15.5. The molecule has 1 aromatic carbocycles. The van der Waals surface area contributed by atoms with Gasteiger partial charge in [-0.25, -0.2) is 24.1 Å². The first kappa shape index (κ1) is 34.7. The summed E-state index contributed by atoms with van der Waals surface area (Å²) in [4.78, 5) is 64.2. The van der Waals surface area contributed by atoms with Crippen molar-refractivity contribution in [1.29, 1.82) is 0 Å². The third kappa shape index (κ3) is 8.16. The summed E-state index contributed by atoms with van der Waals surface area (Å²) in [6.07, 6.45) is -2.06. The lowest BCUT2D eigenvalue weighted by atomic mass is 9.98. The molecule has 0 saturated heterocycles. The molecule has 4 rings (SSSR count). The van der Waals surface area contributed by atoms with Crippen LogP contribution in [-0.2, 0) is 15.3 Å². The maximum absolute atomic E-state index is 13.4. The first-order valence-corrected chi connectivity index (χ1v) is 16.1. The molecule has 3 heterocycles. The number of carboxylic acids is 1. The number of hydrogen-bond donors (Lipinski definition) is 5. The molecule has 0 saturated carbocycles. The number of urea groups is 1. The van der Waals surface area contributed by atoms with Crippen molar-refractivity contribution in [2.75, 3.05) is 18.5 Å². The van der Waals surface area contributed by atoms with Crippen molar-refractivity contribution in [2.24, 2.45) is 5.92 Å². The number of aromatic nitrogens is 3. The number of carboxylic acid groups (broad SMARTS) is 1. The Morgan fingerprint density at radius 3 is 2.48 bits per heavy atom. The summed E-state index contributed by atoms with van der Waals surface area (Å²) in [5.41, 5.74) is -1.76. The van der Waals surface area contributed by atoms with Crippen LogP contribution < -0.4 is 16.1 Å². The maximum atomic E-state index is 13.4. The number of nitrogens with zero attached hydrogens (tertiary/aromatic N) is 3. The van der Waals surface area contributed by atoms with Gasteiger partial charge in [0.25, 0.3) is 0 Å². The molecular weight excluding hydrogens is 654 g/mol. The Kier molecular flexibility index (Phi) is 10.3. The molecule has 2 amide bonds. The van der Waals surface area contributed by atoms with E-state index in [1.54, 1.807) is 6.92 Å². The molecule has 1 atom stereocenters. The molecule has 0 bridgehead atoms. The summed E-state index contributed by atoms with van der Waals surface area (Å²) in [6, 6.07) is 4.30. The molecule has 3 aromatic heterocycles. The van der Waals surface area contributed by atoms with Crippen molar-refractivity contribution in [3.8, 4) is 21.7 Å². The van der Waals surface area contributed by atoms with Crippen molar-refractivity contribution in [3.63, 3.8) is 0 Å². The third-order valence-corrected chi connectivity index (χ3v) is 8.01. The first-order chi connectivity index (χ1) is 21.5. The number of phosphoric acid groups is 1. The number of pyridine rings is 2. The van der Waals surface area contributed by atoms with Crippen LogP contribution in [0, 0.1) is 5.92 Å². The number of rotatable bonds is 11. The topological polar surface area (TPSA) is 193 Å². The minimum absolute atomic E-state index is 0.00588. The van der Waals surface area contributed by atoms with Gasteiger partial charge in [0.05, 0.1) is 18.2 Å². The van der Waals surface area contributed by atoms with E-state index in [1.165, 1.54) is 35.0 Å². The molecule has 5 N–H and O–H groups in total. The summed E-state index contributed by atoms with van der Waals surface area (Å²) < 4.78 is 57.9. The van der Waals surface area contributed by atoms with Crippen LogP contribution in [0.5, 0.6) is 0 Å². The molecule has 246 valence electrons. The van der Waals surface area contributed by atoms with Gasteiger partial charge >= 0.3 is 26.0 Å². The number of fused-ring (bicyclic) bond motifs is 1. The highest BCUT2D eigenvalue weighted by Gasteiger charge is 2.34. The van der Waals surface area contributed by atoms with E-state index in [9.17, 15) is 47.0 Å². The molecule has 0 unspecified atom stereocenters. The molecule has 0 fully saturated rings. The molecule has 0 aliphatic heterocycles.